The lowest BCUT2D eigenvalue weighted by molar-refractivity contribution is 0.288. The van der Waals surface area contributed by atoms with Crippen LogP contribution >= 0.6 is 11.6 Å². The summed E-state index contributed by atoms with van der Waals surface area (Å²) in [7, 11) is 0. The molecule has 0 N–H and O–H groups in total. The second-order valence-electron chi connectivity index (χ2n) is 4.74. The number of hydrogen-bond acceptors (Lipinski definition) is 3. The van der Waals surface area contributed by atoms with Crippen LogP contribution in [0, 0.1) is 6.92 Å². The summed E-state index contributed by atoms with van der Waals surface area (Å²) in [5, 5.41) is 0.527. The Morgan fingerprint density at radius 1 is 1.09 bits per heavy atom. The number of aryl methyl sites for hydroxylation is 1. The molecule has 2 rings (SSSR count). The predicted molar refractivity (Wildman–Crippen MR) is 92.2 cm³/mol. The van der Waals surface area contributed by atoms with E-state index in [4.69, 9.17) is 21.1 Å². The Bertz CT molecular complexity index is 668. The number of hydrogen-bond donors (Lipinski definition) is 0. The highest BCUT2D eigenvalue weighted by Gasteiger charge is 2.11. The van der Waals surface area contributed by atoms with Crippen molar-refractivity contribution in [1.82, 2.24) is 0 Å². The topological polar surface area (TPSA) is 30.8 Å². The van der Waals surface area contributed by atoms with Crippen molar-refractivity contribution in [3.8, 4) is 11.5 Å². The molecule has 0 heterocycles. The van der Waals surface area contributed by atoms with Crippen molar-refractivity contribution < 1.29 is 9.47 Å². The Morgan fingerprint density at radius 3 is 2.50 bits per heavy atom. The summed E-state index contributed by atoms with van der Waals surface area (Å²) in [6.07, 6.45) is 1.78. The summed E-state index contributed by atoms with van der Waals surface area (Å²) in [6.45, 7) is 6.96. The number of benzene rings is 2. The molecule has 0 aromatic heterocycles. The van der Waals surface area contributed by atoms with Gasteiger partial charge in [-0.2, -0.15) is 0 Å². The van der Waals surface area contributed by atoms with Crippen LogP contribution in [0.5, 0.6) is 11.5 Å². The molecule has 0 fully saturated rings. The average Bonchev–Trinajstić information content (AvgIpc) is 2.50. The van der Waals surface area contributed by atoms with E-state index in [2.05, 4.69) is 4.99 Å². The molecule has 0 bridgehead atoms. The van der Waals surface area contributed by atoms with Gasteiger partial charge in [-0.25, -0.2) is 0 Å². The van der Waals surface area contributed by atoms with Gasteiger partial charge in [-0.15, -0.1) is 0 Å². The second-order valence-corrected chi connectivity index (χ2v) is 5.15. The van der Waals surface area contributed by atoms with Crippen molar-refractivity contribution in [2.24, 2.45) is 4.99 Å². The van der Waals surface area contributed by atoms with Crippen molar-refractivity contribution in [3.63, 3.8) is 0 Å². The van der Waals surface area contributed by atoms with Gasteiger partial charge >= 0.3 is 0 Å². The molecular weight excluding hydrogens is 298 g/mol. The van der Waals surface area contributed by atoms with Crippen LogP contribution in [0.4, 0.5) is 5.69 Å². The van der Waals surface area contributed by atoms with E-state index in [0.29, 0.717) is 29.7 Å². The third-order valence-corrected chi connectivity index (χ3v) is 3.37. The lowest BCUT2D eigenvalue weighted by atomic mass is 10.2. The first kappa shape index (κ1) is 16.4. The fraction of sp³-hybridized carbons (Fsp3) is 0.278. The lowest BCUT2D eigenvalue weighted by Crippen LogP contribution is -2.00. The van der Waals surface area contributed by atoms with Crippen molar-refractivity contribution in [1.29, 1.82) is 0 Å². The summed E-state index contributed by atoms with van der Waals surface area (Å²) in [4.78, 5) is 4.51. The van der Waals surface area contributed by atoms with Gasteiger partial charge in [0.15, 0.2) is 11.5 Å². The second kappa shape index (κ2) is 7.85. The molecule has 3 nitrogen and oxygen atoms in total. The monoisotopic (exact) mass is 317 g/mol. The van der Waals surface area contributed by atoms with Gasteiger partial charge < -0.3 is 9.47 Å². The molecule has 0 spiro atoms. The van der Waals surface area contributed by atoms with Crippen molar-refractivity contribution in [2.75, 3.05) is 13.2 Å². The van der Waals surface area contributed by atoms with Crippen LogP contribution in [0.2, 0.25) is 5.02 Å². The highest BCUT2D eigenvalue weighted by Crippen LogP contribution is 2.36. The molecule has 0 saturated carbocycles. The molecule has 0 aliphatic rings. The first-order valence-electron chi connectivity index (χ1n) is 7.34. The Labute approximate surface area is 136 Å². The zero-order valence-corrected chi connectivity index (χ0v) is 13.9. The fourth-order valence-corrected chi connectivity index (χ4v) is 2.34. The predicted octanol–water partition coefficient (Wildman–Crippen LogP) is 5.20. The molecule has 116 valence electrons. The molecule has 2 aromatic rings. The average molecular weight is 318 g/mol. The summed E-state index contributed by atoms with van der Waals surface area (Å²) in [6, 6.07) is 11.7. The fourth-order valence-electron chi connectivity index (χ4n) is 2.06. The number of nitrogens with zero attached hydrogens (tertiary/aromatic N) is 1. The maximum atomic E-state index is 6.30. The van der Waals surface area contributed by atoms with Gasteiger partial charge in [-0.3, -0.25) is 4.99 Å². The number of aliphatic imine (C=N–C) groups is 1. The number of rotatable bonds is 6. The minimum Gasteiger partial charge on any atom is -0.490 e. The van der Waals surface area contributed by atoms with E-state index in [1.165, 1.54) is 0 Å². The third-order valence-electron chi connectivity index (χ3n) is 3.09. The number of para-hydroxylation sites is 1. The van der Waals surface area contributed by atoms with Gasteiger partial charge in [0.2, 0.25) is 0 Å². The quantitative estimate of drug-likeness (QED) is 0.686. The van der Waals surface area contributed by atoms with Crippen LogP contribution in [-0.2, 0) is 0 Å². The zero-order valence-electron chi connectivity index (χ0n) is 13.1. The van der Waals surface area contributed by atoms with Crippen LogP contribution in [0.3, 0.4) is 0 Å². The van der Waals surface area contributed by atoms with Gasteiger partial charge in [0.05, 0.1) is 23.9 Å². The number of halogens is 1. The first-order valence-corrected chi connectivity index (χ1v) is 7.72. The SMILES string of the molecule is CCOc1cc(C=Nc2ccccc2C)cc(Cl)c1OCC. The molecule has 0 amide bonds. The van der Waals surface area contributed by atoms with E-state index in [9.17, 15) is 0 Å². The largest absolute Gasteiger partial charge is 0.490 e. The van der Waals surface area contributed by atoms with Crippen molar-refractivity contribution >= 4 is 23.5 Å². The smallest absolute Gasteiger partial charge is 0.179 e. The van der Waals surface area contributed by atoms with E-state index >= 15 is 0 Å². The van der Waals surface area contributed by atoms with Crippen LogP contribution in [0.15, 0.2) is 41.4 Å². The van der Waals surface area contributed by atoms with E-state index in [-0.39, 0.29) is 0 Å². The Morgan fingerprint density at radius 2 is 1.82 bits per heavy atom. The Balaban J connectivity index is 2.34. The van der Waals surface area contributed by atoms with Crippen LogP contribution in [0.1, 0.15) is 25.0 Å². The van der Waals surface area contributed by atoms with Crippen molar-refractivity contribution in [2.45, 2.75) is 20.8 Å². The van der Waals surface area contributed by atoms with E-state index in [1.54, 1.807) is 6.21 Å². The van der Waals surface area contributed by atoms with Gasteiger partial charge in [-0.1, -0.05) is 29.8 Å². The maximum absolute atomic E-state index is 6.30. The van der Waals surface area contributed by atoms with Gasteiger partial charge in [-0.05, 0) is 50.1 Å². The molecule has 0 saturated heterocycles. The van der Waals surface area contributed by atoms with Crippen molar-refractivity contribution in [3.05, 3.63) is 52.5 Å². The lowest BCUT2D eigenvalue weighted by Gasteiger charge is -2.13. The zero-order chi connectivity index (χ0) is 15.9. The van der Waals surface area contributed by atoms with Crippen LogP contribution < -0.4 is 9.47 Å². The molecule has 2 aromatic carbocycles. The summed E-state index contributed by atoms with van der Waals surface area (Å²) in [5.41, 5.74) is 2.94. The first-order chi connectivity index (χ1) is 10.7. The normalized spacial score (nSPS) is 10.9. The Hall–Kier alpha value is -2.00. The highest BCUT2D eigenvalue weighted by molar-refractivity contribution is 6.32. The van der Waals surface area contributed by atoms with Crippen LogP contribution in [0.25, 0.3) is 0 Å². The molecule has 0 unspecified atom stereocenters. The maximum Gasteiger partial charge on any atom is 0.179 e. The molecule has 4 heteroatoms. The molecular formula is C18H20ClNO2. The van der Waals surface area contributed by atoms with E-state index in [0.717, 1.165) is 16.8 Å². The molecule has 0 aliphatic heterocycles. The van der Waals surface area contributed by atoms with Gasteiger partial charge in [0, 0.05) is 6.21 Å². The minimum absolute atomic E-state index is 0.527. The Kier molecular flexibility index (Phi) is 5.84. The summed E-state index contributed by atoms with van der Waals surface area (Å²) >= 11 is 6.30. The minimum atomic E-state index is 0.527. The standard InChI is InChI=1S/C18H20ClNO2/c1-4-21-17-11-14(10-15(19)18(17)22-5-2)12-20-16-9-7-6-8-13(16)3/h6-12H,4-5H2,1-3H3. The molecule has 0 radical (unpaired) electrons. The van der Waals surface area contributed by atoms with Crippen LogP contribution in [-0.4, -0.2) is 19.4 Å². The summed E-state index contributed by atoms with van der Waals surface area (Å²) < 4.78 is 11.2. The summed E-state index contributed by atoms with van der Waals surface area (Å²) in [5.74, 6) is 1.22. The third kappa shape index (κ3) is 4.01. The van der Waals surface area contributed by atoms with E-state index in [1.807, 2.05) is 57.2 Å². The number of ether oxygens (including phenoxy) is 2. The highest BCUT2D eigenvalue weighted by atomic mass is 35.5. The van der Waals surface area contributed by atoms with Gasteiger partial charge in [0.25, 0.3) is 0 Å². The molecule has 0 atom stereocenters. The molecule has 22 heavy (non-hydrogen) atoms. The van der Waals surface area contributed by atoms with E-state index < -0.39 is 0 Å². The molecule has 0 aliphatic carbocycles. The van der Waals surface area contributed by atoms with Gasteiger partial charge in [0.1, 0.15) is 0 Å².